The number of hydrogen-bond donors (Lipinski definition) is 4. The Morgan fingerprint density at radius 3 is 1.59 bits per heavy atom. The number of rotatable bonds is 9. The van der Waals surface area contributed by atoms with E-state index in [1.54, 1.807) is 87.4 Å². The molecule has 1 aliphatic carbocycles. The predicted molar refractivity (Wildman–Crippen MR) is 395 cm³/mol. The van der Waals surface area contributed by atoms with Crippen LogP contribution in [0, 0.1) is 50.1 Å². The van der Waals surface area contributed by atoms with E-state index in [0.29, 0.717) is 63.7 Å². The number of carbonyl (C=O) groups excluding carboxylic acids is 2. The van der Waals surface area contributed by atoms with Gasteiger partial charge in [0, 0.05) is 152 Å². The predicted octanol–water partition coefficient (Wildman–Crippen LogP) is 11.2. The summed E-state index contributed by atoms with van der Waals surface area (Å²) in [5, 5.41) is 18.9. The Kier molecular flexibility index (Phi) is 24.7. The number of aromatic nitrogens is 15. The maximum Gasteiger partial charge on any atom is 0.413 e. The summed E-state index contributed by atoms with van der Waals surface area (Å²) < 4.78 is 23.3. The third kappa shape index (κ3) is 19.8. The summed E-state index contributed by atoms with van der Waals surface area (Å²) in [7, 11) is 14.5. The minimum absolute atomic E-state index is 0.00106. The average Bonchev–Trinajstić information content (AvgIpc) is 1.63. The Bertz CT molecular complexity index is 4680. The van der Waals surface area contributed by atoms with Crippen molar-refractivity contribution in [3.8, 4) is 11.1 Å². The van der Waals surface area contributed by atoms with Gasteiger partial charge in [-0.3, -0.25) is 29.4 Å². The van der Waals surface area contributed by atoms with Crippen LogP contribution in [0.15, 0.2) is 114 Å². The molecule has 528 valence electrons. The van der Waals surface area contributed by atoms with Crippen molar-refractivity contribution in [1.29, 1.82) is 0 Å². The Balaban J connectivity index is 0.000000190. The van der Waals surface area contributed by atoms with Crippen LogP contribution in [-0.2, 0) is 86.9 Å². The topological polar surface area (TPSA) is 325 Å². The normalized spacial score (nSPS) is 12.6. The number of fused-ring (bicyclic) bond motifs is 3. The van der Waals surface area contributed by atoms with Gasteiger partial charge >= 0.3 is 11.9 Å². The molecule has 0 spiro atoms. The third-order valence-electron chi connectivity index (χ3n) is 15.9. The number of ether oxygens (including phenoxy) is 1. The fourth-order valence-corrected chi connectivity index (χ4v) is 12.4. The molecule has 11 heterocycles. The highest BCUT2D eigenvalue weighted by Gasteiger charge is 2.38. The minimum atomic E-state index is -0.507. The number of hydrogen-bond acceptors (Lipinski definition) is 17. The van der Waals surface area contributed by atoms with Gasteiger partial charge in [-0.1, -0.05) is 20.8 Å². The number of nitro groups is 1. The van der Waals surface area contributed by atoms with Gasteiger partial charge in [0.05, 0.1) is 4.47 Å². The zero-order valence-corrected chi connectivity index (χ0v) is 64.0. The molecule has 0 atom stereocenters. The van der Waals surface area contributed by atoms with Gasteiger partial charge in [-0.2, -0.15) is 0 Å². The van der Waals surface area contributed by atoms with Crippen molar-refractivity contribution in [2.75, 3.05) is 33.1 Å². The van der Waals surface area contributed by atoms with Crippen LogP contribution >= 0.6 is 47.8 Å². The lowest BCUT2D eigenvalue weighted by Crippen LogP contribution is -2.41. The summed E-state index contributed by atoms with van der Waals surface area (Å²) in [6.07, 6.45) is 17.9. The lowest BCUT2D eigenvalue weighted by atomic mass is 9.90. The fourth-order valence-electron chi connectivity index (χ4n) is 10.5. The molecule has 1 aliphatic heterocycles. The van der Waals surface area contributed by atoms with Gasteiger partial charge in [0.25, 0.3) is 22.6 Å². The van der Waals surface area contributed by atoms with Crippen LogP contribution in [-0.4, -0.2) is 100 Å². The highest BCUT2D eigenvalue weighted by atomic mass is 79.9. The molecule has 0 saturated heterocycles. The minimum Gasteiger partial charge on any atom is -0.444 e. The largest absolute Gasteiger partial charge is 0.444 e. The lowest BCUT2D eigenvalue weighted by Gasteiger charge is -2.31. The highest BCUT2D eigenvalue weighted by molar-refractivity contribution is 9.11. The molecule has 0 aromatic carbocycles. The molecule has 5 N–H and O–H groups in total. The first-order valence-electron chi connectivity index (χ1n) is 31.3. The Labute approximate surface area is 598 Å². The van der Waals surface area contributed by atoms with E-state index in [9.17, 15) is 34.1 Å². The summed E-state index contributed by atoms with van der Waals surface area (Å²) in [6.45, 7) is 22.8. The number of aryl methyl sites for hydroxylation is 13. The number of carbonyl (C=O) groups is 2. The highest BCUT2D eigenvalue weighted by Crippen LogP contribution is 2.40. The number of nitrogen functional groups attached to an aromatic ring is 1. The van der Waals surface area contributed by atoms with Crippen LogP contribution in [0.3, 0.4) is 0 Å². The molecule has 32 heteroatoms. The first kappa shape index (κ1) is 76.7. The van der Waals surface area contributed by atoms with Crippen molar-refractivity contribution in [1.82, 2.24) is 71.0 Å². The molecule has 0 saturated carbocycles. The van der Waals surface area contributed by atoms with Gasteiger partial charge in [-0.05, 0) is 172 Å². The van der Waals surface area contributed by atoms with Crippen LogP contribution < -0.4 is 43.3 Å². The van der Waals surface area contributed by atoms with Crippen molar-refractivity contribution in [2.24, 2.45) is 61.8 Å². The van der Waals surface area contributed by atoms with Gasteiger partial charge in [0.2, 0.25) is 5.82 Å². The van der Waals surface area contributed by atoms with Crippen LogP contribution in [0.25, 0.3) is 11.1 Å². The number of nitrogens with two attached hydrogens (primary N) is 1. The molecule has 29 nitrogen and oxygen atoms in total. The molecule has 2 amide bonds. The van der Waals surface area contributed by atoms with E-state index in [1.165, 1.54) is 26.6 Å². The smallest absolute Gasteiger partial charge is 0.413 e. The molecule has 12 rings (SSSR count). The van der Waals surface area contributed by atoms with E-state index < -0.39 is 16.6 Å². The van der Waals surface area contributed by atoms with Crippen molar-refractivity contribution in [3.63, 3.8) is 0 Å². The molecule has 99 heavy (non-hydrogen) atoms. The molecular weight excluding hydrogens is 1470 g/mol. The van der Waals surface area contributed by atoms with Crippen molar-refractivity contribution in [3.05, 3.63) is 192 Å². The standard InChI is InChI=1S/C30H35N7O2.C11H13BrN4O.C10H17N3O2.C6H5Br2NO.C5H7N3O2.C5H9N3/c1-7-21-22(20-12-23(28(38)35(6)16-20)33-26-17-34(5)18(2)32-26)8-9-31-27(21)37-11-10-36-24(29(37)39)13-19-14-30(3,4)15-25(19)36;1-7-13-10(6-15(7)2)14-9-4-8(12)5-16(3)11(9)17;1-7-11-8(6-13(7)5)12-9(14)15-10(2,3)4;1-9-3-4(7)2-5(8)6(9)10;1-4-6-5(8(9)10)3-7(4)2;1-4-7-5(6)3-8(4)2/h8-9,12-13,16-17,33H,7,10-11,14-15H2,1-6H3;4-6,14H,1-3H3;6H,1-5H3,(H,12,14);2-3H,1H3;3H,1-2H3;3H,6H2,1-2H3. The second-order valence-electron chi connectivity index (χ2n) is 25.7. The van der Waals surface area contributed by atoms with E-state index in [4.69, 9.17) is 15.5 Å². The molecule has 10 aromatic rings. The summed E-state index contributed by atoms with van der Waals surface area (Å²) in [6, 6.07) is 9.39. The van der Waals surface area contributed by atoms with Crippen LogP contribution in [0.4, 0.5) is 51.1 Å². The Morgan fingerprint density at radius 1 is 0.636 bits per heavy atom. The van der Waals surface area contributed by atoms with Crippen molar-refractivity contribution < 1.29 is 19.2 Å². The number of imidazole rings is 5. The SMILES string of the molecule is CCc1c(-c2cc(Nc3cn(C)c(C)n3)c(=O)n(C)c2)ccnc1N1CCn2c(cc3c2CC(C)(C)C3)C1=O.Cc1nc(N)cn1C.Cc1nc(NC(=O)OC(C)(C)C)cn1C.Cc1nc(Nc2cc(Br)cn(C)c2=O)cn1C.Cc1nc([N+](=O)[O-])cn1C.Cn1cc(Br)cc(Br)c1=O. The van der Waals surface area contributed by atoms with Crippen LogP contribution in [0.2, 0.25) is 0 Å². The molecule has 0 radical (unpaired) electrons. The van der Waals surface area contributed by atoms with Crippen molar-refractivity contribution in [2.45, 2.75) is 108 Å². The van der Waals surface area contributed by atoms with E-state index >= 15 is 0 Å². The summed E-state index contributed by atoms with van der Waals surface area (Å²) in [5.41, 5.74) is 12.0. The maximum absolute atomic E-state index is 13.8. The van der Waals surface area contributed by atoms with E-state index in [-0.39, 0.29) is 33.8 Å². The van der Waals surface area contributed by atoms with Gasteiger partial charge in [-0.25, -0.2) is 29.7 Å². The number of anilines is 7. The summed E-state index contributed by atoms with van der Waals surface area (Å²) in [4.78, 5) is 97.7. The zero-order chi connectivity index (χ0) is 73.4. The van der Waals surface area contributed by atoms with Crippen LogP contribution in [0.5, 0.6) is 0 Å². The summed E-state index contributed by atoms with van der Waals surface area (Å²) in [5.74, 6) is 7.14. The molecular formula is C67H86Br3N21O8. The number of nitrogens with one attached hydrogen (secondary N) is 3. The number of pyridine rings is 4. The number of halogens is 3. The third-order valence-corrected chi connectivity index (χ3v) is 17.3. The van der Waals surface area contributed by atoms with Crippen molar-refractivity contribution >= 4 is 106 Å². The van der Waals surface area contributed by atoms with Crippen LogP contribution in [0.1, 0.15) is 98.0 Å². The molecule has 0 fully saturated rings. The molecule has 2 aliphatic rings. The maximum atomic E-state index is 13.8. The van der Waals surface area contributed by atoms with E-state index in [2.05, 4.69) is 120 Å². The van der Waals surface area contributed by atoms with E-state index in [0.717, 1.165) is 74.0 Å². The molecule has 0 bridgehead atoms. The lowest BCUT2D eigenvalue weighted by molar-refractivity contribution is -0.389. The van der Waals surface area contributed by atoms with Gasteiger partial charge in [0.15, 0.2) is 5.82 Å². The monoisotopic (exact) mass is 1550 g/mol. The quantitative estimate of drug-likeness (QED) is 0.0770. The Hall–Kier alpha value is -9.69. The second kappa shape index (κ2) is 31.9. The number of nitrogens with zero attached hydrogens (tertiary/aromatic N) is 17. The van der Waals surface area contributed by atoms with E-state index in [1.807, 2.05) is 131 Å². The number of amides is 2. The first-order chi connectivity index (χ1) is 46.2. The van der Waals surface area contributed by atoms with Gasteiger partial charge in [0.1, 0.15) is 75.4 Å². The van der Waals surface area contributed by atoms with Gasteiger partial charge < -0.3 is 72.3 Å². The average molecular weight is 1550 g/mol. The van der Waals surface area contributed by atoms with Gasteiger partial charge in [-0.15, -0.1) is 0 Å². The Morgan fingerprint density at radius 2 is 1.13 bits per heavy atom. The second-order valence-corrected chi connectivity index (χ2v) is 28.4. The zero-order valence-electron chi connectivity index (χ0n) is 59.2. The summed E-state index contributed by atoms with van der Waals surface area (Å²) >= 11 is 9.75. The fraction of sp³-hybridized carbons (Fsp3) is 0.388. The molecule has 0 unspecified atom stereocenters. The molecule has 10 aromatic heterocycles. The first-order valence-corrected chi connectivity index (χ1v) is 33.6.